The summed E-state index contributed by atoms with van der Waals surface area (Å²) in [4.78, 5) is 13.5. The molecule has 0 spiro atoms. The van der Waals surface area contributed by atoms with Crippen molar-refractivity contribution in [2.75, 3.05) is 32.8 Å². The third kappa shape index (κ3) is 5.28. The van der Waals surface area contributed by atoms with Crippen LogP contribution in [0.3, 0.4) is 0 Å². The lowest BCUT2D eigenvalue weighted by atomic mass is 10.1. The van der Waals surface area contributed by atoms with E-state index in [2.05, 4.69) is 5.32 Å². The molecule has 7 nitrogen and oxygen atoms in total. The highest BCUT2D eigenvalue weighted by Crippen LogP contribution is 2.08. The summed E-state index contributed by atoms with van der Waals surface area (Å²) < 4.78 is 27.7. The number of sulfonamides is 1. The van der Waals surface area contributed by atoms with Crippen molar-refractivity contribution in [3.05, 3.63) is 29.8 Å². The first-order chi connectivity index (χ1) is 10.9. The second kappa shape index (κ2) is 7.87. The van der Waals surface area contributed by atoms with Gasteiger partial charge in [0.2, 0.25) is 10.0 Å². The summed E-state index contributed by atoms with van der Waals surface area (Å²) >= 11 is 0. The number of morpholine rings is 1. The highest BCUT2D eigenvalue weighted by atomic mass is 32.2. The van der Waals surface area contributed by atoms with Crippen LogP contribution < -0.4 is 15.4 Å². The van der Waals surface area contributed by atoms with Crippen LogP contribution >= 0.6 is 0 Å². The SMILES string of the molecule is C[C@H](C(=O)NCCc1ccc(S(N)(=O)=O)cc1)[NH+]1CCOCC1. The molecule has 1 heterocycles. The third-order valence-electron chi connectivity index (χ3n) is 4.11. The van der Waals surface area contributed by atoms with Gasteiger partial charge in [0.15, 0.2) is 6.04 Å². The van der Waals surface area contributed by atoms with Crippen LogP contribution in [0.25, 0.3) is 0 Å². The van der Waals surface area contributed by atoms with Crippen molar-refractivity contribution in [3.63, 3.8) is 0 Å². The van der Waals surface area contributed by atoms with E-state index in [9.17, 15) is 13.2 Å². The summed E-state index contributed by atoms with van der Waals surface area (Å²) in [5, 5.41) is 7.98. The number of nitrogens with one attached hydrogen (secondary N) is 2. The zero-order valence-electron chi connectivity index (χ0n) is 13.2. The van der Waals surface area contributed by atoms with E-state index < -0.39 is 10.0 Å². The van der Waals surface area contributed by atoms with E-state index in [4.69, 9.17) is 9.88 Å². The Labute approximate surface area is 136 Å². The number of primary sulfonamides is 1. The van der Waals surface area contributed by atoms with E-state index in [-0.39, 0.29) is 16.8 Å². The predicted octanol–water partition coefficient (Wildman–Crippen LogP) is -1.70. The minimum Gasteiger partial charge on any atom is -0.370 e. The number of benzene rings is 1. The van der Waals surface area contributed by atoms with Crippen molar-refractivity contribution in [3.8, 4) is 0 Å². The lowest BCUT2D eigenvalue weighted by Crippen LogP contribution is -3.18. The van der Waals surface area contributed by atoms with Crippen LogP contribution in [-0.2, 0) is 26.0 Å². The van der Waals surface area contributed by atoms with Gasteiger partial charge >= 0.3 is 0 Å². The summed E-state index contributed by atoms with van der Waals surface area (Å²) in [5.41, 5.74) is 0.948. The largest absolute Gasteiger partial charge is 0.370 e. The van der Waals surface area contributed by atoms with Gasteiger partial charge < -0.3 is 15.0 Å². The molecule has 23 heavy (non-hydrogen) atoms. The van der Waals surface area contributed by atoms with E-state index >= 15 is 0 Å². The van der Waals surface area contributed by atoms with Crippen LogP contribution in [0, 0.1) is 0 Å². The molecule has 4 N–H and O–H groups in total. The first kappa shape index (κ1) is 17.9. The smallest absolute Gasteiger partial charge is 0.278 e. The fourth-order valence-corrected chi connectivity index (χ4v) is 3.10. The Morgan fingerprint density at radius 1 is 1.30 bits per heavy atom. The Hall–Kier alpha value is -1.48. The molecule has 128 valence electrons. The molecular weight excluding hydrogens is 318 g/mol. The van der Waals surface area contributed by atoms with Crippen molar-refractivity contribution in [2.24, 2.45) is 5.14 Å². The normalized spacial score (nSPS) is 17.7. The monoisotopic (exact) mass is 342 g/mol. The van der Waals surface area contributed by atoms with Crippen molar-refractivity contribution in [2.45, 2.75) is 24.3 Å². The maximum atomic E-state index is 12.1. The molecule has 1 atom stereocenters. The van der Waals surface area contributed by atoms with Crippen molar-refractivity contribution in [1.82, 2.24) is 5.32 Å². The molecular formula is C15H24N3O4S+. The van der Waals surface area contributed by atoms with Gasteiger partial charge in [-0.25, -0.2) is 13.6 Å². The molecule has 0 aliphatic carbocycles. The van der Waals surface area contributed by atoms with Crippen LogP contribution in [0.1, 0.15) is 12.5 Å². The van der Waals surface area contributed by atoms with Crippen LogP contribution in [-0.4, -0.2) is 53.2 Å². The van der Waals surface area contributed by atoms with Crippen LogP contribution in [0.4, 0.5) is 0 Å². The molecule has 0 aromatic heterocycles. The zero-order valence-corrected chi connectivity index (χ0v) is 14.1. The van der Waals surface area contributed by atoms with E-state index in [1.54, 1.807) is 12.1 Å². The number of ether oxygens (including phenoxy) is 1. The molecule has 1 aliphatic rings. The molecule has 1 saturated heterocycles. The van der Waals surface area contributed by atoms with Crippen LogP contribution in [0.15, 0.2) is 29.2 Å². The second-order valence-electron chi connectivity index (χ2n) is 5.72. The molecule has 1 aromatic carbocycles. The Morgan fingerprint density at radius 3 is 2.48 bits per heavy atom. The number of carbonyl (C=O) groups excluding carboxylic acids is 1. The van der Waals surface area contributed by atoms with E-state index in [1.807, 2.05) is 6.92 Å². The average Bonchev–Trinajstić information content (AvgIpc) is 2.54. The van der Waals surface area contributed by atoms with E-state index in [0.717, 1.165) is 18.7 Å². The van der Waals surface area contributed by atoms with Gasteiger partial charge in [0.25, 0.3) is 5.91 Å². The third-order valence-corrected chi connectivity index (χ3v) is 5.03. The Kier molecular flexibility index (Phi) is 6.11. The fourth-order valence-electron chi connectivity index (χ4n) is 2.58. The molecule has 0 radical (unpaired) electrons. The lowest BCUT2D eigenvalue weighted by molar-refractivity contribution is -0.921. The maximum absolute atomic E-state index is 12.1. The van der Waals surface area contributed by atoms with Crippen molar-refractivity contribution in [1.29, 1.82) is 0 Å². The lowest BCUT2D eigenvalue weighted by Gasteiger charge is -2.28. The van der Waals surface area contributed by atoms with Gasteiger partial charge in [-0.15, -0.1) is 0 Å². The molecule has 1 aromatic rings. The van der Waals surface area contributed by atoms with Gasteiger partial charge in [0.1, 0.15) is 13.1 Å². The number of amides is 1. The maximum Gasteiger partial charge on any atom is 0.278 e. The Balaban J connectivity index is 1.78. The minimum absolute atomic E-state index is 0.0306. The standard InChI is InChI=1S/C15H23N3O4S/c1-12(18-8-10-22-11-9-18)15(19)17-7-6-13-2-4-14(5-3-13)23(16,20)21/h2-5,12H,6-11H2,1H3,(H,17,19)(H2,16,20,21)/p+1/t12-/m1/s1. The highest BCUT2D eigenvalue weighted by molar-refractivity contribution is 7.89. The molecule has 2 rings (SSSR count). The number of hydrogen-bond acceptors (Lipinski definition) is 4. The van der Waals surface area contributed by atoms with Crippen LogP contribution in [0.2, 0.25) is 0 Å². The molecule has 1 fully saturated rings. The van der Waals surface area contributed by atoms with Crippen LogP contribution in [0.5, 0.6) is 0 Å². The molecule has 8 heteroatoms. The van der Waals surface area contributed by atoms with Crippen molar-refractivity contribution < 1.29 is 22.8 Å². The second-order valence-corrected chi connectivity index (χ2v) is 7.28. The van der Waals surface area contributed by atoms with Gasteiger partial charge in [-0.1, -0.05) is 12.1 Å². The topological polar surface area (TPSA) is 103 Å². The summed E-state index contributed by atoms with van der Waals surface area (Å²) in [7, 11) is -3.66. The average molecular weight is 342 g/mol. The summed E-state index contributed by atoms with van der Waals surface area (Å²) in [6, 6.07) is 6.29. The number of quaternary nitrogens is 1. The minimum atomic E-state index is -3.66. The van der Waals surface area contributed by atoms with Gasteiger partial charge in [-0.2, -0.15) is 0 Å². The predicted molar refractivity (Wildman–Crippen MR) is 85.5 cm³/mol. The molecule has 0 bridgehead atoms. The highest BCUT2D eigenvalue weighted by Gasteiger charge is 2.26. The van der Waals surface area contributed by atoms with Gasteiger partial charge in [-0.05, 0) is 31.0 Å². The van der Waals surface area contributed by atoms with E-state index in [1.165, 1.54) is 17.0 Å². The number of carbonyl (C=O) groups is 1. The fraction of sp³-hybridized carbons (Fsp3) is 0.533. The number of hydrogen-bond donors (Lipinski definition) is 3. The summed E-state index contributed by atoms with van der Waals surface area (Å²) in [5.74, 6) is 0.0306. The molecule has 0 saturated carbocycles. The molecule has 0 unspecified atom stereocenters. The molecule has 1 aliphatic heterocycles. The van der Waals surface area contributed by atoms with Gasteiger partial charge in [-0.3, -0.25) is 4.79 Å². The van der Waals surface area contributed by atoms with Gasteiger partial charge in [0.05, 0.1) is 18.1 Å². The van der Waals surface area contributed by atoms with Gasteiger partial charge in [0, 0.05) is 6.54 Å². The summed E-state index contributed by atoms with van der Waals surface area (Å²) in [6.45, 7) is 5.54. The Bertz CT molecular complexity index is 625. The van der Waals surface area contributed by atoms with Crippen molar-refractivity contribution >= 4 is 15.9 Å². The summed E-state index contributed by atoms with van der Waals surface area (Å²) in [6.07, 6.45) is 0.641. The number of rotatable bonds is 6. The first-order valence-corrected chi connectivity index (χ1v) is 9.24. The van der Waals surface area contributed by atoms with E-state index in [0.29, 0.717) is 26.2 Å². The zero-order chi connectivity index (χ0) is 16.9. The first-order valence-electron chi connectivity index (χ1n) is 7.69. The molecule has 1 amide bonds. The Morgan fingerprint density at radius 2 is 1.91 bits per heavy atom. The number of nitrogens with two attached hydrogens (primary N) is 1. The quantitative estimate of drug-likeness (QED) is 0.573.